The molecule has 3 aromatic carbocycles. The van der Waals surface area contributed by atoms with Crippen molar-refractivity contribution in [3.63, 3.8) is 0 Å². The molecule has 0 aromatic heterocycles. The van der Waals surface area contributed by atoms with Gasteiger partial charge in [-0.3, -0.25) is 4.79 Å². The first-order valence-corrected chi connectivity index (χ1v) is 9.40. The van der Waals surface area contributed by atoms with Crippen LogP contribution in [0.3, 0.4) is 0 Å². The Kier molecular flexibility index (Phi) is 6.76. The van der Waals surface area contributed by atoms with Crippen molar-refractivity contribution in [1.82, 2.24) is 5.43 Å². The molecule has 0 aliphatic heterocycles. The molecule has 0 saturated heterocycles. The highest BCUT2D eigenvalue weighted by molar-refractivity contribution is 9.10. The van der Waals surface area contributed by atoms with Crippen LogP contribution in [0.5, 0.6) is 11.5 Å². The number of esters is 1. The molecule has 1 N–H and O–H groups in total. The van der Waals surface area contributed by atoms with Crippen LogP contribution < -0.4 is 14.9 Å². The summed E-state index contributed by atoms with van der Waals surface area (Å²) < 4.78 is 11.5. The third-order valence-electron chi connectivity index (χ3n) is 3.87. The van der Waals surface area contributed by atoms with Gasteiger partial charge in [0.05, 0.1) is 18.9 Å². The van der Waals surface area contributed by atoms with Crippen molar-refractivity contribution in [2.45, 2.75) is 0 Å². The van der Waals surface area contributed by atoms with E-state index in [0.717, 1.165) is 4.47 Å². The van der Waals surface area contributed by atoms with E-state index in [4.69, 9.17) is 9.47 Å². The van der Waals surface area contributed by atoms with Crippen molar-refractivity contribution in [3.8, 4) is 11.5 Å². The predicted octanol–water partition coefficient (Wildman–Crippen LogP) is 4.44. The third kappa shape index (κ3) is 5.52. The second-order valence-electron chi connectivity index (χ2n) is 5.88. The van der Waals surface area contributed by atoms with E-state index >= 15 is 0 Å². The average molecular weight is 453 g/mol. The lowest BCUT2D eigenvalue weighted by atomic mass is 10.2. The van der Waals surface area contributed by atoms with Crippen molar-refractivity contribution in [3.05, 3.63) is 94.0 Å². The number of carbonyl (C=O) groups excluding carboxylic acids is 2. The highest BCUT2D eigenvalue weighted by Gasteiger charge is 2.13. The minimum absolute atomic E-state index is 0.281. The Morgan fingerprint density at radius 2 is 1.69 bits per heavy atom. The van der Waals surface area contributed by atoms with Crippen LogP contribution in [0.4, 0.5) is 0 Å². The topological polar surface area (TPSA) is 77.0 Å². The molecule has 3 rings (SSSR count). The normalized spacial score (nSPS) is 10.6. The number of halogens is 1. The number of ether oxygens (including phenoxy) is 2. The first-order chi connectivity index (χ1) is 14.1. The van der Waals surface area contributed by atoms with Crippen molar-refractivity contribution >= 4 is 34.0 Å². The third-order valence-corrected chi connectivity index (χ3v) is 4.36. The first kappa shape index (κ1) is 20.3. The van der Waals surface area contributed by atoms with Crippen LogP contribution in [-0.4, -0.2) is 25.2 Å². The smallest absolute Gasteiger partial charge is 0.343 e. The van der Waals surface area contributed by atoms with Gasteiger partial charge in [-0.2, -0.15) is 5.10 Å². The Labute approximate surface area is 176 Å². The summed E-state index contributed by atoms with van der Waals surface area (Å²) in [4.78, 5) is 24.3. The number of nitrogens with zero attached hydrogens (tertiary/aromatic N) is 1. The van der Waals surface area contributed by atoms with Crippen LogP contribution in [0.15, 0.2) is 82.4 Å². The average Bonchev–Trinajstić information content (AvgIpc) is 2.75. The molecule has 0 heterocycles. The van der Waals surface area contributed by atoms with E-state index in [0.29, 0.717) is 22.4 Å². The molecule has 0 bridgehead atoms. The molecule has 3 aromatic rings. The number of amides is 1. The minimum atomic E-state index is -0.499. The number of hydrazone groups is 1. The van der Waals surface area contributed by atoms with E-state index in [1.54, 1.807) is 60.7 Å². The molecule has 0 fully saturated rings. The van der Waals surface area contributed by atoms with Crippen LogP contribution in [0.25, 0.3) is 0 Å². The summed E-state index contributed by atoms with van der Waals surface area (Å²) in [6, 6.07) is 20.6. The molecule has 146 valence electrons. The van der Waals surface area contributed by atoms with Crippen molar-refractivity contribution < 1.29 is 19.1 Å². The van der Waals surface area contributed by atoms with Gasteiger partial charge in [0.15, 0.2) is 11.5 Å². The molecule has 0 unspecified atom stereocenters. The van der Waals surface area contributed by atoms with Gasteiger partial charge >= 0.3 is 5.97 Å². The van der Waals surface area contributed by atoms with Crippen LogP contribution in [0.2, 0.25) is 0 Å². The SMILES string of the molecule is COc1cc(C=NNC(=O)c2ccccc2)ccc1OC(=O)c1cccc(Br)c1. The fourth-order valence-corrected chi connectivity index (χ4v) is 2.84. The number of hydrogen-bond acceptors (Lipinski definition) is 5. The lowest BCUT2D eigenvalue weighted by Gasteiger charge is -2.10. The molecule has 0 radical (unpaired) electrons. The fourth-order valence-electron chi connectivity index (χ4n) is 2.44. The molecule has 6 nitrogen and oxygen atoms in total. The van der Waals surface area contributed by atoms with Gasteiger partial charge in [0.25, 0.3) is 5.91 Å². The second-order valence-corrected chi connectivity index (χ2v) is 6.79. The zero-order valence-corrected chi connectivity index (χ0v) is 17.0. The number of nitrogens with one attached hydrogen (secondary N) is 1. The van der Waals surface area contributed by atoms with E-state index in [2.05, 4.69) is 26.5 Å². The summed E-state index contributed by atoms with van der Waals surface area (Å²) in [5.41, 5.74) is 4.05. The van der Waals surface area contributed by atoms with E-state index in [9.17, 15) is 9.59 Å². The van der Waals surface area contributed by atoms with Crippen molar-refractivity contribution in [2.75, 3.05) is 7.11 Å². The summed E-state index contributed by atoms with van der Waals surface area (Å²) in [6.07, 6.45) is 1.48. The Bertz CT molecular complexity index is 1050. The zero-order chi connectivity index (χ0) is 20.6. The van der Waals surface area contributed by atoms with E-state index in [1.165, 1.54) is 13.3 Å². The van der Waals surface area contributed by atoms with Gasteiger partial charge in [0.1, 0.15) is 0 Å². The molecule has 29 heavy (non-hydrogen) atoms. The maximum atomic E-state index is 12.3. The monoisotopic (exact) mass is 452 g/mol. The molecule has 0 aliphatic carbocycles. The van der Waals surface area contributed by atoms with Gasteiger partial charge in [0, 0.05) is 10.0 Å². The lowest BCUT2D eigenvalue weighted by molar-refractivity contribution is 0.0729. The minimum Gasteiger partial charge on any atom is -0.493 e. The Balaban J connectivity index is 1.68. The largest absolute Gasteiger partial charge is 0.493 e. The standard InChI is InChI=1S/C22H17BrN2O4/c1-28-20-12-15(14-24-25-21(26)16-6-3-2-4-7-16)10-11-19(20)29-22(27)17-8-5-9-18(23)13-17/h2-14H,1H3,(H,25,26). The number of benzene rings is 3. The van der Waals surface area contributed by atoms with Gasteiger partial charge in [-0.05, 0) is 54.1 Å². The van der Waals surface area contributed by atoms with Crippen LogP contribution in [0.1, 0.15) is 26.3 Å². The Morgan fingerprint density at radius 1 is 0.931 bits per heavy atom. The molecule has 1 amide bonds. The van der Waals surface area contributed by atoms with Crippen LogP contribution in [0, 0.1) is 0 Å². The lowest BCUT2D eigenvalue weighted by Crippen LogP contribution is -2.17. The highest BCUT2D eigenvalue weighted by atomic mass is 79.9. The highest BCUT2D eigenvalue weighted by Crippen LogP contribution is 2.28. The van der Waals surface area contributed by atoms with Gasteiger partial charge in [-0.15, -0.1) is 0 Å². The molecule has 0 aliphatic rings. The van der Waals surface area contributed by atoms with Gasteiger partial charge in [-0.25, -0.2) is 10.2 Å². The molecule has 0 spiro atoms. The maximum Gasteiger partial charge on any atom is 0.343 e. The Morgan fingerprint density at radius 3 is 2.41 bits per heavy atom. The molecule has 0 saturated carbocycles. The van der Waals surface area contributed by atoms with Gasteiger partial charge in [0.2, 0.25) is 0 Å². The quantitative estimate of drug-likeness (QED) is 0.259. The predicted molar refractivity (Wildman–Crippen MR) is 114 cm³/mol. The summed E-state index contributed by atoms with van der Waals surface area (Å²) in [5, 5.41) is 3.95. The van der Waals surface area contributed by atoms with Crippen LogP contribution in [-0.2, 0) is 0 Å². The van der Waals surface area contributed by atoms with Gasteiger partial charge < -0.3 is 9.47 Å². The van der Waals surface area contributed by atoms with Gasteiger partial charge in [-0.1, -0.05) is 40.2 Å². The Hall–Kier alpha value is -3.45. The second kappa shape index (κ2) is 9.66. The number of methoxy groups -OCH3 is 1. The summed E-state index contributed by atoms with van der Waals surface area (Å²) in [7, 11) is 1.48. The summed E-state index contributed by atoms with van der Waals surface area (Å²) in [6.45, 7) is 0. The fraction of sp³-hybridized carbons (Fsp3) is 0.0455. The van der Waals surface area contributed by atoms with E-state index < -0.39 is 5.97 Å². The molecular weight excluding hydrogens is 436 g/mol. The van der Waals surface area contributed by atoms with Crippen molar-refractivity contribution in [2.24, 2.45) is 5.10 Å². The molecule has 7 heteroatoms. The zero-order valence-electron chi connectivity index (χ0n) is 15.5. The van der Waals surface area contributed by atoms with Crippen LogP contribution >= 0.6 is 15.9 Å². The molecule has 0 atom stereocenters. The van der Waals surface area contributed by atoms with Crippen molar-refractivity contribution in [1.29, 1.82) is 0 Å². The number of hydrogen-bond donors (Lipinski definition) is 1. The van der Waals surface area contributed by atoms with E-state index in [-0.39, 0.29) is 11.7 Å². The summed E-state index contributed by atoms with van der Waals surface area (Å²) in [5.74, 6) is -0.163. The maximum absolute atomic E-state index is 12.3. The first-order valence-electron chi connectivity index (χ1n) is 8.61. The number of rotatable bonds is 6. The molecular formula is C22H17BrN2O4. The summed E-state index contributed by atoms with van der Waals surface area (Å²) >= 11 is 3.33. The van der Waals surface area contributed by atoms with E-state index in [1.807, 2.05) is 12.1 Å². The number of carbonyl (C=O) groups is 2.